The van der Waals surface area contributed by atoms with Gasteiger partial charge in [0.05, 0.1) is 24.6 Å². The minimum atomic E-state index is -0.143. The van der Waals surface area contributed by atoms with E-state index in [1.54, 1.807) is 12.4 Å². The number of halogens is 1. The predicted octanol–water partition coefficient (Wildman–Crippen LogP) is 2.82. The van der Waals surface area contributed by atoms with E-state index in [0.717, 1.165) is 12.2 Å². The fraction of sp³-hybridized carbons (Fsp3) is 0.500. The molecule has 2 heterocycles. The van der Waals surface area contributed by atoms with Crippen LogP contribution in [0.4, 0.5) is 5.69 Å². The van der Waals surface area contributed by atoms with Crippen molar-refractivity contribution in [2.75, 3.05) is 5.32 Å². The highest BCUT2D eigenvalue weighted by molar-refractivity contribution is 9.10. The quantitative estimate of drug-likeness (QED) is 0.863. The molecule has 0 aliphatic rings. The van der Waals surface area contributed by atoms with Gasteiger partial charge < -0.3 is 9.73 Å². The molecular formula is C14H19BrN4O2. The second-order valence-corrected chi connectivity index (χ2v) is 5.97. The van der Waals surface area contributed by atoms with E-state index < -0.39 is 0 Å². The summed E-state index contributed by atoms with van der Waals surface area (Å²) in [6.07, 6.45) is 4.16. The van der Waals surface area contributed by atoms with Gasteiger partial charge in [-0.3, -0.25) is 4.79 Å². The second kappa shape index (κ2) is 6.89. The number of nitrogens with zero attached hydrogens (tertiary/aromatic N) is 3. The Bertz CT molecular complexity index is 663. The Morgan fingerprint density at radius 3 is 2.81 bits per heavy atom. The Morgan fingerprint density at radius 2 is 2.19 bits per heavy atom. The van der Waals surface area contributed by atoms with E-state index in [9.17, 15) is 4.79 Å². The summed E-state index contributed by atoms with van der Waals surface area (Å²) in [4.78, 5) is 16.3. The van der Waals surface area contributed by atoms with Crippen LogP contribution in [0.25, 0.3) is 0 Å². The van der Waals surface area contributed by atoms with Gasteiger partial charge in [0.25, 0.3) is 5.56 Å². The summed E-state index contributed by atoms with van der Waals surface area (Å²) in [5.74, 6) is 1.79. The summed E-state index contributed by atoms with van der Waals surface area (Å²) < 4.78 is 7.44. The maximum atomic E-state index is 12.2. The fourth-order valence-corrected chi connectivity index (χ4v) is 2.28. The van der Waals surface area contributed by atoms with Crippen LogP contribution in [0.1, 0.15) is 32.4 Å². The lowest BCUT2D eigenvalue weighted by Crippen LogP contribution is -2.26. The number of hydrogen-bond donors (Lipinski definition) is 1. The van der Waals surface area contributed by atoms with Crippen LogP contribution in [0.2, 0.25) is 0 Å². The van der Waals surface area contributed by atoms with E-state index in [4.69, 9.17) is 4.42 Å². The second-order valence-electron chi connectivity index (χ2n) is 5.18. The molecule has 0 saturated carbocycles. The molecule has 1 N–H and O–H groups in total. The topological polar surface area (TPSA) is 73.0 Å². The molecule has 0 aliphatic carbocycles. The number of anilines is 1. The zero-order valence-electron chi connectivity index (χ0n) is 12.4. The molecule has 0 saturated heterocycles. The highest BCUT2D eigenvalue weighted by Crippen LogP contribution is 2.17. The van der Waals surface area contributed by atoms with Crippen LogP contribution in [0.15, 0.2) is 26.1 Å². The van der Waals surface area contributed by atoms with Crippen molar-refractivity contribution in [1.29, 1.82) is 0 Å². The van der Waals surface area contributed by atoms with Crippen molar-refractivity contribution in [1.82, 2.24) is 14.8 Å². The first-order valence-electron chi connectivity index (χ1n) is 6.94. The van der Waals surface area contributed by atoms with Crippen molar-refractivity contribution in [3.05, 3.63) is 38.9 Å². The minimum absolute atomic E-state index is 0.143. The Hall–Kier alpha value is -1.63. The maximum Gasteiger partial charge on any atom is 0.283 e. The number of aromatic nitrogens is 3. The van der Waals surface area contributed by atoms with Gasteiger partial charge in [0.2, 0.25) is 5.89 Å². The molecule has 6 nitrogen and oxygen atoms in total. The molecule has 0 unspecified atom stereocenters. The van der Waals surface area contributed by atoms with E-state index in [1.807, 2.05) is 20.8 Å². The summed E-state index contributed by atoms with van der Waals surface area (Å²) >= 11 is 3.33. The Labute approximate surface area is 131 Å². The van der Waals surface area contributed by atoms with Crippen molar-refractivity contribution in [2.45, 2.75) is 40.3 Å². The molecule has 0 aromatic carbocycles. The first kappa shape index (κ1) is 15.8. The van der Waals surface area contributed by atoms with E-state index in [2.05, 4.69) is 31.3 Å². The average Bonchev–Trinajstić information content (AvgIpc) is 2.91. The van der Waals surface area contributed by atoms with Crippen molar-refractivity contribution >= 4 is 21.6 Å². The molecule has 21 heavy (non-hydrogen) atoms. The number of aryl methyl sites for hydroxylation is 1. The van der Waals surface area contributed by atoms with Gasteiger partial charge in [-0.15, -0.1) is 0 Å². The molecule has 0 spiro atoms. The maximum absolute atomic E-state index is 12.2. The highest BCUT2D eigenvalue weighted by Gasteiger charge is 2.10. The smallest absolute Gasteiger partial charge is 0.283 e. The standard InChI is InChI=1S/C14H19BrN4O2/c1-4-10-5-17-12(21-10)7-16-11-6-18-19(8-9(2)3)14(20)13(11)15/h5-6,9,16H,4,7-8H2,1-3H3. The number of nitrogens with one attached hydrogen (secondary N) is 1. The molecule has 114 valence electrons. The molecule has 2 aromatic rings. The SMILES string of the molecule is CCc1cnc(CNc2cnn(CC(C)C)c(=O)c2Br)o1. The van der Waals surface area contributed by atoms with E-state index >= 15 is 0 Å². The van der Waals surface area contributed by atoms with Gasteiger partial charge in [-0.2, -0.15) is 5.10 Å². The van der Waals surface area contributed by atoms with Crippen LogP contribution in [0.3, 0.4) is 0 Å². The molecule has 2 aromatic heterocycles. The summed E-state index contributed by atoms with van der Waals surface area (Å²) in [6, 6.07) is 0. The van der Waals surface area contributed by atoms with Crippen LogP contribution >= 0.6 is 15.9 Å². The van der Waals surface area contributed by atoms with Crippen LogP contribution in [-0.4, -0.2) is 14.8 Å². The number of hydrogen-bond acceptors (Lipinski definition) is 5. The Balaban J connectivity index is 2.10. The molecule has 0 amide bonds. The van der Waals surface area contributed by atoms with E-state index in [-0.39, 0.29) is 5.56 Å². The highest BCUT2D eigenvalue weighted by atomic mass is 79.9. The summed E-state index contributed by atoms with van der Waals surface area (Å²) in [7, 11) is 0. The summed E-state index contributed by atoms with van der Waals surface area (Å²) in [5, 5.41) is 7.28. The van der Waals surface area contributed by atoms with Gasteiger partial charge in [-0.25, -0.2) is 9.67 Å². The Kier molecular flexibility index (Phi) is 5.17. The number of oxazole rings is 1. The summed E-state index contributed by atoms with van der Waals surface area (Å²) in [5.41, 5.74) is 0.492. The Morgan fingerprint density at radius 1 is 1.43 bits per heavy atom. The van der Waals surface area contributed by atoms with Crippen LogP contribution in [0.5, 0.6) is 0 Å². The van der Waals surface area contributed by atoms with Crippen molar-refractivity contribution in [2.24, 2.45) is 5.92 Å². The van der Waals surface area contributed by atoms with Crippen LogP contribution < -0.4 is 10.9 Å². The molecule has 0 atom stereocenters. The lowest BCUT2D eigenvalue weighted by Gasteiger charge is -2.10. The van der Waals surface area contributed by atoms with Gasteiger partial charge in [-0.05, 0) is 21.8 Å². The molecule has 7 heteroatoms. The monoisotopic (exact) mass is 354 g/mol. The van der Waals surface area contributed by atoms with Crippen molar-refractivity contribution < 1.29 is 4.42 Å². The van der Waals surface area contributed by atoms with Gasteiger partial charge in [-0.1, -0.05) is 20.8 Å². The van der Waals surface area contributed by atoms with Gasteiger partial charge in [0, 0.05) is 13.0 Å². The predicted molar refractivity (Wildman–Crippen MR) is 84.2 cm³/mol. The zero-order chi connectivity index (χ0) is 15.4. The zero-order valence-corrected chi connectivity index (χ0v) is 14.0. The minimum Gasteiger partial charge on any atom is -0.444 e. The molecule has 0 radical (unpaired) electrons. The third-order valence-corrected chi connectivity index (χ3v) is 3.67. The third-order valence-electron chi connectivity index (χ3n) is 2.90. The normalized spacial score (nSPS) is 11.1. The lowest BCUT2D eigenvalue weighted by molar-refractivity contribution is 0.460. The van der Waals surface area contributed by atoms with Gasteiger partial charge in [0.15, 0.2) is 0 Å². The third kappa shape index (κ3) is 3.93. The molecule has 0 fully saturated rings. The first-order valence-corrected chi connectivity index (χ1v) is 7.73. The largest absolute Gasteiger partial charge is 0.444 e. The van der Waals surface area contributed by atoms with Crippen molar-refractivity contribution in [3.8, 4) is 0 Å². The average molecular weight is 355 g/mol. The first-order chi connectivity index (χ1) is 10.0. The van der Waals surface area contributed by atoms with Crippen molar-refractivity contribution in [3.63, 3.8) is 0 Å². The fourth-order valence-electron chi connectivity index (χ4n) is 1.83. The van der Waals surface area contributed by atoms with Crippen LogP contribution in [-0.2, 0) is 19.5 Å². The van der Waals surface area contributed by atoms with E-state index in [0.29, 0.717) is 35.1 Å². The molecule has 0 bridgehead atoms. The van der Waals surface area contributed by atoms with Gasteiger partial charge >= 0.3 is 0 Å². The lowest BCUT2D eigenvalue weighted by atomic mass is 10.2. The number of rotatable bonds is 6. The van der Waals surface area contributed by atoms with E-state index in [1.165, 1.54) is 4.68 Å². The summed E-state index contributed by atoms with van der Waals surface area (Å²) in [6.45, 7) is 7.10. The molecule has 2 rings (SSSR count). The van der Waals surface area contributed by atoms with Crippen LogP contribution in [0, 0.1) is 5.92 Å². The molecular weight excluding hydrogens is 336 g/mol. The van der Waals surface area contributed by atoms with Gasteiger partial charge in [0.1, 0.15) is 10.2 Å². The molecule has 0 aliphatic heterocycles.